The Kier molecular flexibility index (Phi) is 4.45. The Morgan fingerprint density at radius 1 is 1.50 bits per heavy atom. The number of nitrogens with zero attached hydrogens (tertiary/aromatic N) is 3. The van der Waals surface area contributed by atoms with Gasteiger partial charge in [0.25, 0.3) is 0 Å². The van der Waals surface area contributed by atoms with Crippen LogP contribution in [-0.2, 0) is 11.3 Å². The quantitative estimate of drug-likeness (QED) is 0.804. The molecule has 1 rings (SSSR count). The summed E-state index contributed by atoms with van der Waals surface area (Å²) in [6, 6.07) is 0. The molecule has 0 aromatic carbocycles. The molecule has 0 aliphatic rings. The highest BCUT2D eigenvalue weighted by molar-refractivity contribution is 5.88. The molecule has 0 aliphatic heterocycles. The predicted molar refractivity (Wildman–Crippen MR) is 66.4 cm³/mol. The monoisotopic (exact) mass is 255 g/mol. The van der Waals surface area contributed by atoms with Gasteiger partial charge < -0.3 is 9.84 Å². The maximum atomic E-state index is 11.7. The minimum Gasteiger partial charge on any atom is -0.461 e. The molecular weight excluding hydrogens is 234 g/mol. The number of aromatic nitrogens is 3. The van der Waals surface area contributed by atoms with E-state index in [1.807, 2.05) is 13.8 Å². The van der Waals surface area contributed by atoms with Crippen LogP contribution in [0.1, 0.15) is 56.7 Å². The van der Waals surface area contributed by atoms with Gasteiger partial charge in [0.1, 0.15) is 0 Å². The van der Waals surface area contributed by atoms with Crippen LogP contribution in [0.5, 0.6) is 0 Å². The largest absolute Gasteiger partial charge is 0.461 e. The molecule has 0 atom stereocenters. The molecule has 18 heavy (non-hydrogen) atoms. The highest BCUT2D eigenvalue weighted by atomic mass is 16.5. The van der Waals surface area contributed by atoms with Crippen LogP contribution in [0.15, 0.2) is 0 Å². The fourth-order valence-electron chi connectivity index (χ4n) is 1.72. The van der Waals surface area contributed by atoms with Crippen molar-refractivity contribution in [2.75, 3.05) is 6.61 Å². The van der Waals surface area contributed by atoms with E-state index in [4.69, 9.17) is 4.74 Å². The Bertz CT molecular complexity index is 419. The van der Waals surface area contributed by atoms with Crippen molar-refractivity contribution in [3.05, 3.63) is 11.4 Å². The van der Waals surface area contributed by atoms with E-state index >= 15 is 0 Å². The minimum atomic E-state index is -0.913. The summed E-state index contributed by atoms with van der Waals surface area (Å²) in [7, 11) is 0. The molecule has 0 bridgehead atoms. The molecule has 0 saturated carbocycles. The Labute approximate surface area is 107 Å². The number of ether oxygens (including phenoxy) is 1. The van der Waals surface area contributed by atoms with E-state index in [0.717, 1.165) is 0 Å². The molecule has 1 aromatic heterocycles. The van der Waals surface area contributed by atoms with Gasteiger partial charge in [0, 0.05) is 0 Å². The van der Waals surface area contributed by atoms with Crippen LogP contribution in [0.2, 0.25) is 0 Å². The van der Waals surface area contributed by atoms with Crippen LogP contribution < -0.4 is 0 Å². The normalized spacial score (nSPS) is 11.9. The summed E-state index contributed by atoms with van der Waals surface area (Å²) >= 11 is 0. The van der Waals surface area contributed by atoms with Gasteiger partial charge in [0.15, 0.2) is 5.69 Å². The molecule has 0 aliphatic carbocycles. The Hall–Kier alpha value is -1.43. The van der Waals surface area contributed by atoms with Crippen molar-refractivity contribution < 1.29 is 14.6 Å². The molecule has 1 N–H and O–H groups in total. The lowest BCUT2D eigenvalue weighted by molar-refractivity contribution is 0.0508. The van der Waals surface area contributed by atoms with Crippen molar-refractivity contribution in [2.45, 2.75) is 52.7 Å². The Morgan fingerprint density at radius 3 is 2.56 bits per heavy atom. The molecule has 1 aromatic rings. The van der Waals surface area contributed by atoms with E-state index in [2.05, 4.69) is 10.3 Å². The summed E-state index contributed by atoms with van der Waals surface area (Å²) in [5.74, 6) is -0.398. The number of carbonyl (C=O) groups excluding carboxylic acids is 1. The highest BCUT2D eigenvalue weighted by Gasteiger charge is 2.25. The molecule has 6 heteroatoms. The first-order valence-corrected chi connectivity index (χ1v) is 6.09. The summed E-state index contributed by atoms with van der Waals surface area (Å²) in [4.78, 5) is 11.7. The van der Waals surface area contributed by atoms with Crippen molar-refractivity contribution in [1.82, 2.24) is 15.0 Å². The predicted octanol–water partition coefficient (Wildman–Crippen LogP) is 1.35. The van der Waals surface area contributed by atoms with Crippen LogP contribution in [0.3, 0.4) is 0 Å². The van der Waals surface area contributed by atoms with Gasteiger partial charge in [-0.05, 0) is 26.7 Å². The fraction of sp³-hybridized carbons (Fsp3) is 0.750. The van der Waals surface area contributed by atoms with E-state index in [0.29, 0.717) is 12.3 Å². The average molecular weight is 255 g/mol. The SMILES string of the molecule is CCOC(=O)c1nnn(CC(C)(C)O)c1C(C)C. The van der Waals surface area contributed by atoms with Crippen molar-refractivity contribution in [3.63, 3.8) is 0 Å². The van der Waals surface area contributed by atoms with Crippen LogP contribution in [0.4, 0.5) is 0 Å². The van der Waals surface area contributed by atoms with E-state index in [1.165, 1.54) is 0 Å². The molecule has 0 radical (unpaired) electrons. The molecule has 0 unspecified atom stereocenters. The number of hydrogen-bond donors (Lipinski definition) is 1. The summed E-state index contributed by atoms with van der Waals surface area (Å²) in [6.07, 6.45) is 0. The molecule has 102 valence electrons. The van der Waals surface area contributed by atoms with Crippen molar-refractivity contribution in [3.8, 4) is 0 Å². The van der Waals surface area contributed by atoms with Gasteiger partial charge in [0.2, 0.25) is 0 Å². The van der Waals surface area contributed by atoms with Crippen LogP contribution in [0.25, 0.3) is 0 Å². The molecule has 6 nitrogen and oxygen atoms in total. The smallest absolute Gasteiger partial charge is 0.360 e. The molecular formula is C12H21N3O3. The van der Waals surface area contributed by atoms with Crippen molar-refractivity contribution in [1.29, 1.82) is 0 Å². The maximum absolute atomic E-state index is 11.7. The standard InChI is InChI=1S/C12H21N3O3/c1-6-18-11(16)9-10(8(2)3)15(14-13-9)7-12(4,5)17/h8,17H,6-7H2,1-5H3. The topological polar surface area (TPSA) is 77.2 Å². The van der Waals surface area contributed by atoms with E-state index in [1.54, 1.807) is 25.5 Å². The lowest BCUT2D eigenvalue weighted by Crippen LogP contribution is -2.28. The minimum absolute atomic E-state index is 0.0711. The van der Waals surface area contributed by atoms with Gasteiger partial charge >= 0.3 is 5.97 Å². The number of hydrogen-bond acceptors (Lipinski definition) is 5. The third-order valence-corrected chi connectivity index (χ3v) is 2.33. The lowest BCUT2D eigenvalue weighted by atomic mass is 10.1. The van der Waals surface area contributed by atoms with Gasteiger partial charge in [-0.2, -0.15) is 0 Å². The number of aliphatic hydroxyl groups is 1. The summed E-state index contributed by atoms with van der Waals surface area (Å²) in [6.45, 7) is 9.59. The maximum Gasteiger partial charge on any atom is 0.360 e. The average Bonchev–Trinajstić information content (AvgIpc) is 2.59. The van der Waals surface area contributed by atoms with E-state index < -0.39 is 11.6 Å². The zero-order valence-electron chi connectivity index (χ0n) is 11.6. The van der Waals surface area contributed by atoms with E-state index in [9.17, 15) is 9.90 Å². The van der Waals surface area contributed by atoms with Gasteiger partial charge in [-0.1, -0.05) is 19.1 Å². The van der Waals surface area contributed by atoms with Gasteiger partial charge in [0.05, 0.1) is 24.4 Å². The molecule has 0 fully saturated rings. The second kappa shape index (κ2) is 5.48. The van der Waals surface area contributed by atoms with Gasteiger partial charge in [-0.15, -0.1) is 5.10 Å². The summed E-state index contributed by atoms with van der Waals surface area (Å²) < 4.78 is 6.51. The van der Waals surface area contributed by atoms with Crippen molar-refractivity contribution in [2.24, 2.45) is 0 Å². The van der Waals surface area contributed by atoms with E-state index in [-0.39, 0.29) is 18.2 Å². The second-order valence-corrected chi connectivity index (χ2v) is 5.17. The van der Waals surface area contributed by atoms with Gasteiger partial charge in [-0.25, -0.2) is 9.48 Å². The van der Waals surface area contributed by atoms with Crippen LogP contribution in [0, 0.1) is 0 Å². The third-order valence-electron chi connectivity index (χ3n) is 2.33. The first-order chi connectivity index (χ1) is 8.26. The van der Waals surface area contributed by atoms with Gasteiger partial charge in [-0.3, -0.25) is 0 Å². The molecule has 1 heterocycles. The molecule has 0 amide bonds. The Morgan fingerprint density at radius 2 is 2.11 bits per heavy atom. The van der Waals surface area contributed by atoms with Crippen LogP contribution >= 0.6 is 0 Å². The number of esters is 1. The molecule has 0 spiro atoms. The summed E-state index contributed by atoms with van der Waals surface area (Å²) in [5.41, 5.74) is 0.00943. The fourth-order valence-corrected chi connectivity index (χ4v) is 1.72. The molecule has 0 saturated heterocycles. The zero-order chi connectivity index (χ0) is 13.9. The third kappa shape index (κ3) is 3.53. The van der Waals surface area contributed by atoms with Crippen LogP contribution in [-0.4, -0.2) is 38.3 Å². The number of rotatable bonds is 5. The highest BCUT2D eigenvalue weighted by Crippen LogP contribution is 2.20. The zero-order valence-corrected chi connectivity index (χ0v) is 11.6. The van der Waals surface area contributed by atoms with Crippen molar-refractivity contribution >= 4 is 5.97 Å². The second-order valence-electron chi connectivity index (χ2n) is 5.17. The first-order valence-electron chi connectivity index (χ1n) is 6.09. The Balaban J connectivity index is 3.11. The summed E-state index contributed by atoms with van der Waals surface area (Å²) in [5, 5.41) is 17.6. The lowest BCUT2D eigenvalue weighted by Gasteiger charge is -2.19. The first kappa shape index (κ1) is 14.6. The number of carbonyl (C=O) groups is 1.